The molecule has 0 spiro atoms. The van der Waals surface area contributed by atoms with Crippen molar-refractivity contribution in [2.45, 2.75) is 67.2 Å². The minimum absolute atomic E-state index is 0.0106. The number of nitrogens with zero attached hydrogens (tertiary/aromatic N) is 5. The van der Waals surface area contributed by atoms with E-state index in [-0.39, 0.29) is 31.1 Å². The molecule has 4 N–H and O–H groups in total. The lowest BCUT2D eigenvalue weighted by atomic mass is 10.1. The second-order valence-corrected chi connectivity index (χ2v) is 11.0. The van der Waals surface area contributed by atoms with E-state index in [1.807, 2.05) is 0 Å². The molecule has 0 aliphatic heterocycles. The number of aromatic nitrogens is 5. The number of ether oxygens (including phenoxy) is 1. The summed E-state index contributed by atoms with van der Waals surface area (Å²) in [7, 11) is 0. The first-order valence-electron chi connectivity index (χ1n) is 12.5. The van der Waals surface area contributed by atoms with Crippen LogP contribution in [0.4, 0.5) is 14.6 Å². The van der Waals surface area contributed by atoms with Gasteiger partial charge in [0, 0.05) is 23.6 Å². The zero-order chi connectivity index (χ0) is 25.9. The fraction of sp³-hybridized carbons (Fsp3) is 0.583. The Bertz CT molecular complexity index is 1330. The van der Waals surface area contributed by atoms with Gasteiger partial charge in [-0.1, -0.05) is 30.0 Å². The third-order valence-corrected chi connectivity index (χ3v) is 8.61. The number of aliphatic hydroxyl groups excluding tert-OH is 2. The summed E-state index contributed by atoms with van der Waals surface area (Å²) < 4.78 is 34.1. The number of nitrogens with one attached hydrogen (secondary N) is 1. The normalized spacial score (nSPS) is 32.1. The van der Waals surface area contributed by atoms with Crippen LogP contribution in [0.15, 0.2) is 23.4 Å². The van der Waals surface area contributed by atoms with Crippen molar-refractivity contribution in [1.82, 2.24) is 25.0 Å². The average molecular weight is 535 g/mol. The Morgan fingerprint density at radius 3 is 2.78 bits per heavy atom. The van der Waals surface area contributed by atoms with E-state index in [9.17, 15) is 19.0 Å². The smallest absolute Gasteiger partial charge is 0.191 e. The van der Waals surface area contributed by atoms with E-state index >= 15 is 0 Å². The third kappa shape index (κ3) is 4.16. The highest BCUT2D eigenvalue weighted by molar-refractivity contribution is 7.99. The lowest BCUT2D eigenvalue weighted by Crippen LogP contribution is -2.39. The van der Waals surface area contributed by atoms with E-state index in [4.69, 9.17) is 9.84 Å². The molecular formula is C24H28F2N6O4S. The number of benzene rings is 1. The minimum atomic E-state index is -1.41. The standard InChI is InChI=1S/C24H28F2N6O4S/c1-2-7-37-23-28-21(27-16-9-12(16)11-3-4-14(25)15(26)8-11)18-22(29-23)32(31-30-18)19-13-10-17(36-6-5-33)20(34)24(13,19)35/h3-4,8,12-13,16-17,19-20,33-35H,2,5-7,9-10H2,1H3,(H,27,28,29)/t12?,13-,16?,17-,19?,20+,24+/m0/s1. The van der Waals surface area contributed by atoms with Crippen LogP contribution in [0.2, 0.25) is 0 Å². The Morgan fingerprint density at radius 1 is 1.24 bits per heavy atom. The maximum Gasteiger partial charge on any atom is 0.191 e. The van der Waals surface area contributed by atoms with Crippen molar-refractivity contribution in [2.75, 3.05) is 24.3 Å². The molecule has 0 bridgehead atoms. The van der Waals surface area contributed by atoms with Crippen LogP contribution in [0.5, 0.6) is 0 Å². The van der Waals surface area contributed by atoms with Crippen LogP contribution >= 0.6 is 11.8 Å². The Hall–Kier alpha value is -2.45. The molecule has 2 heterocycles. The highest BCUT2D eigenvalue weighted by atomic mass is 32.2. The number of hydrogen-bond acceptors (Lipinski definition) is 10. The molecule has 3 saturated carbocycles. The number of anilines is 1. The van der Waals surface area contributed by atoms with Gasteiger partial charge >= 0.3 is 0 Å². The molecule has 1 aromatic carbocycles. The van der Waals surface area contributed by atoms with Crippen molar-refractivity contribution in [2.24, 2.45) is 5.92 Å². The fourth-order valence-corrected chi connectivity index (χ4v) is 6.26. The van der Waals surface area contributed by atoms with Crippen LogP contribution in [0.25, 0.3) is 11.2 Å². The molecule has 2 aromatic heterocycles. The van der Waals surface area contributed by atoms with Gasteiger partial charge in [-0.15, -0.1) is 5.10 Å². The zero-order valence-electron chi connectivity index (χ0n) is 20.1. The summed E-state index contributed by atoms with van der Waals surface area (Å²) in [5.74, 6) is -0.706. The predicted molar refractivity (Wildman–Crippen MR) is 130 cm³/mol. The van der Waals surface area contributed by atoms with Crippen molar-refractivity contribution in [3.63, 3.8) is 0 Å². The molecule has 0 radical (unpaired) electrons. The van der Waals surface area contributed by atoms with Gasteiger partial charge in [-0.2, -0.15) is 0 Å². The lowest BCUT2D eigenvalue weighted by Gasteiger charge is -2.23. The van der Waals surface area contributed by atoms with Gasteiger partial charge in [0.2, 0.25) is 0 Å². The highest BCUT2D eigenvalue weighted by Crippen LogP contribution is 2.64. The molecule has 3 aromatic rings. The summed E-state index contributed by atoms with van der Waals surface area (Å²) in [4.78, 5) is 9.33. The maximum absolute atomic E-state index is 13.7. The quantitative estimate of drug-likeness (QED) is 0.226. The summed E-state index contributed by atoms with van der Waals surface area (Å²) in [6, 6.07) is 3.41. The Morgan fingerprint density at radius 2 is 2.08 bits per heavy atom. The molecule has 3 unspecified atom stereocenters. The summed E-state index contributed by atoms with van der Waals surface area (Å²) in [6.07, 6.45) is 0.409. The van der Waals surface area contributed by atoms with Crippen LogP contribution < -0.4 is 5.32 Å². The van der Waals surface area contributed by atoms with Crippen LogP contribution in [0.3, 0.4) is 0 Å². The molecule has 3 fully saturated rings. The second-order valence-electron chi connectivity index (χ2n) is 9.93. The van der Waals surface area contributed by atoms with Crippen molar-refractivity contribution >= 4 is 28.7 Å². The minimum Gasteiger partial charge on any atom is -0.394 e. The predicted octanol–water partition coefficient (Wildman–Crippen LogP) is 2.01. The van der Waals surface area contributed by atoms with Crippen molar-refractivity contribution in [3.05, 3.63) is 35.4 Å². The van der Waals surface area contributed by atoms with Gasteiger partial charge in [0.05, 0.1) is 25.4 Å². The fourth-order valence-electron chi connectivity index (χ4n) is 5.56. The Balaban J connectivity index is 1.27. The van der Waals surface area contributed by atoms with Crippen molar-refractivity contribution in [3.8, 4) is 0 Å². The number of thioether (sulfide) groups is 1. The average Bonchev–Trinajstić information content (AvgIpc) is 3.69. The molecule has 6 rings (SSSR count). The number of aliphatic hydroxyl groups is 3. The van der Waals surface area contributed by atoms with Crippen LogP contribution in [-0.4, -0.2) is 83.1 Å². The second kappa shape index (κ2) is 9.38. The van der Waals surface area contributed by atoms with E-state index in [0.29, 0.717) is 34.1 Å². The summed E-state index contributed by atoms with van der Waals surface area (Å²) in [5, 5.41) is 43.5. The van der Waals surface area contributed by atoms with Gasteiger partial charge in [-0.3, -0.25) is 0 Å². The Labute approximate surface area is 215 Å². The number of halogens is 2. The highest BCUT2D eigenvalue weighted by Gasteiger charge is 2.76. The molecular weight excluding hydrogens is 506 g/mol. The van der Waals surface area contributed by atoms with E-state index in [1.165, 1.54) is 17.8 Å². The van der Waals surface area contributed by atoms with Gasteiger partial charge in [-0.25, -0.2) is 23.4 Å². The number of hydrogen-bond donors (Lipinski definition) is 4. The van der Waals surface area contributed by atoms with Gasteiger partial charge in [0.1, 0.15) is 11.7 Å². The van der Waals surface area contributed by atoms with Gasteiger partial charge in [-0.05, 0) is 37.0 Å². The molecule has 37 heavy (non-hydrogen) atoms. The van der Waals surface area contributed by atoms with E-state index < -0.39 is 35.5 Å². The molecule has 0 saturated heterocycles. The molecule has 198 valence electrons. The molecule has 3 aliphatic rings. The van der Waals surface area contributed by atoms with E-state index in [1.54, 1.807) is 10.7 Å². The first-order chi connectivity index (χ1) is 17.9. The van der Waals surface area contributed by atoms with Gasteiger partial charge in [0.25, 0.3) is 0 Å². The SMILES string of the molecule is CCCSc1nc(NC2CC2c2ccc(F)c(F)c2)c2nnn(C3[C@@H]4C[C@H](OCCO)[C@@H](O)[C@]34O)c2n1. The molecule has 10 nitrogen and oxygen atoms in total. The van der Waals surface area contributed by atoms with Gasteiger partial charge in [0.15, 0.2) is 33.8 Å². The Kier molecular flexibility index (Phi) is 6.30. The maximum atomic E-state index is 13.7. The molecule has 13 heteroatoms. The van der Waals surface area contributed by atoms with Crippen LogP contribution in [0, 0.1) is 17.6 Å². The summed E-state index contributed by atoms with van der Waals surface area (Å²) in [5.41, 5.74) is 0.192. The number of fused-ring (bicyclic) bond motifs is 2. The van der Waals surface area contributed by atoms with Crippen molar-refractivity contribution < 1.29 is 28.8 Å². The number of rotatable bonds is 10. The molecule has 0 amide bonds. The van der Waals surface area contributed by atoms with Gasteiger partial charge < -0.3 is 25.4 Å². The largest absolute Gasteiger partial charge is 0.394 e. The summed E-state index contributed by atoms with van der Waals surface area (Å²) in [6.45, 7) is 1.99. The monoisotopic (exact) mass is 534 g/mol. The molecule has 7 atom stereocenters. The topological polar surface area (TPSA) is 138 Å². The van der Waals surface area contributed by atoms with E-state index in [2.05, 4.69) is 32.5 Å². The van der Waals surface area contributed by atoms with E-state index in [0.717, 1.165) is 24.7 Å². The van der Waals surface area contributed by atoms with Crippen LogP contribution in [0.1, 0.15) is 43.7 Å². The first-order valence-corrected chi connectivity index (χ1v) is 13.5. The summed E-state index contributed by atoms with van der Waals surface area (Å²) >= 11 is 1.49. The molecule has 3 aliphatic carbocycles. The lowest BCUT2D eigenvalue weighted by molar-refractivity contribution is -0.0898. The first kappa shape index (κ1) is 24.9. The van der Waals surface area contributed by atoms with Crippen molar-refractivity contribution in [1.29, 1.82) is 0 Å². The third-order valence-electron chi connectivity index (χ3n) is 7.56. The zero-order valence-corrected chi connectivity index (χ0v) is 20.9. The van der Waals surface area contributed by atoms with Crippen LogP contribution in [-0.2, 0) is 4.74 Å².